The Balaban J connectivity index is 1.76. The van der Waals surface area contributed by atoms with Crippen molar-refractivity contribution in [1.82, 2.24) is 14.8 Å². The molecule has 29 heavy (non-hydrogen) atoms. The summed E-state index contributed by atoms with van der Waals surface area (Å²) in [7, 11) is 0. The molecule has 144 valence electrons. The molecule has 4 rings (SSSR count). The maximum atomic E-state index is 12.8. The molecule has 1 heterocycles. The van der Waals surface area contributed by atoms with Crippen LogP contribution in [-0.2, 0) is 0 Å². The molecule has 0 radical (unpaired) electrons. The average molecular weight is 512 g/mol. The zero-order valence-electron chi connectivity index (χ0n) is 15.4. The number of carbonyl (C=O) groups excluding carboxylic acids is 1. The van der Waals surface area contributed by atoms with E-state index in [2.05, 4.69) is 47.3 Å². The molecule has 0 fully saturated rings. The second kappa shape index (κ2) is 8.31. The molecule has 1 amide bonds. The molecule has 0 aliphatic heterocycles. The lowest BCUT2D eigenvalue weighted by Gasteiger charge is -2.07. The summed E-state index contributed by atoms with van der Waals surface area (Å²) < 4.78 is 3.55. The highest BCUT2D eigenvalue weighted by Gasteiger charge is 2.19. The first kappa shape index (κ1) is 19.5. The summed E-state index contributed by atoms with van der Waals surface area (Å²) in [6.45, 7) is 2.01. The van der Waals surface area contributed by atoms with Crippen molar-refractivity contribution in [2.45, 2.75) is 6.92 Å². The number of aryl methyl sites for hydroxylation is 1. The molecule has 0 atom stereocenters. The number of anilines is 1. The summed E-state index contributed by atoms with van der Waals surface area (Å²) in [5, 5.41) is 7.36. The Bertz CT molecular complexity index is 1190. The molecule has 5 nitrogen and oxygen atoms in total. The SMILES string of the molecule is Cc1cccc(-n2nc(C(=O)Nc3cccc(Br)c3)nc2-c2ccc(Br)cc2)c1. The molecular weight excluding hydrogens is 496 g/mol. The third kappa shape index (κ3) is 4.46. The molecule has 4 aromatic rings. The third-order valence-corrected chi connectivity index (χ3v) is 5.26. The van der Waals surface area contributed by atoms with Crippen LogP contribution in [0.2, 0.25) is 0 Å². The van der Waals surface area contributed by atoms with Crippen LogP contribution in [-0.4, -0.2) is 20.7 Å². The topological polar surface area (TPSA) is 59.8 Å². The van der Waals surface area contributed by atoms with Crippen LogP contribution in [0.5, 0.6) is 0 Å². The molecule has 0 aliphatic carbocycles. The van der Waals surface area contributed by atoms with Crippen molar-refractivity contribution in [2.75, 3.05) is 5.32 Å². The van der Waals surface area contributed by atoms with Crippen molar-refractivity contribution < 1.29 is 4.79 Å². The molecule has 3 aromatic carbocycles. The fourth-order valence-corrected chi connectivity index (χ4v) is 3.55. The molecule has 7 heteroatoms. The van der Waals surface area contributed by atoms with Gasteiger partial charge in [-0.3, -0.25) is 4.79 Å². The first-order valence-electron chi connectivity index (χ1n) is 8.86. The largest absolute Gasteiger partial charge is 0.319 e. The number of nitrogens with one attached hydrogen (secondary N) is 1. The van der Waals surface area contributed by atoms with Crippen LogP contribution >= 0.6 is 31.9 Å². The number of carbonyl (C=O) groups is 1. The molecular formula is C22H16Br2N4O. The zero-order valence-corrected chi connectivity index (χ0v) is 18.6. The molecule has 1 aromatic heterocycles. The van der Waals surface area contributed by atoms with Gasteiger partial charge in [0.1, 0.15) is 0 Å². The summed E-state index contributed by atoms with van der Waals surface area (Å²) in [5.74, 6) is 0.333. The summed E-state index contributed by atoms with van der Waals surface area (Å²) in [5.41, 5.74) is 3.47. The molecule has 0 aliphatic rings. The van der Waals surface area contributed by atoms with Crippen molar-refractivity contribution in [2.24, 2.45) is 0 Å². The molecule has 0 bridgehead atoms. The number of hydrogen-bond acceptors (Lipinski definition) is 3. The molecule has 0 saturated carbocycles. The number of amides is 1. The van der Waals surface area contributed by atoms with Crippen molar-refractivity contribution in [3.8, 4) is 17.1 Å². The number of hydrogen-bond donors (Lipinski definition) is 1. The predicted octanol–water partition coefficient (Wildman–Crippen LogP) is 6.02. The minimum atomic E-state index is -0.368. The third-order valence-electron chi connectivity index (χ3n) is 4.24. The van der Waals surface area contributed by atoms with Gasteiger partial charge in [-0.1, -0.05) is 62.2 Å². The van der Waals surface area contributed by atoms with Crippen LogP contribution in [0.1, 0.15) is 16.2 Å². The number of aromatic nitrogens is 3. The van der Waals surface area contributed by atoms with Crippen LogP contribution < -0.4 is 5.32 Å². The van der Waals surface area contributed by atoms with Gasteiger partial charge in [-0.2, -0.15) is 0 Å². The van der Waals surface area contributed by atoms with Crippen LogP contribution in [0.3, 0.4) is 0 Å². The van der Waals surface area contributed by atoms with Crippen molar-refractivity contribution in [3.63, 3.8) is 0 Å². The normalized spacial score (nSPS) is 10.7. The fourth-order valence-electron chi connectivity index (χ4n) is 2.89. The van der Waals surface area contributed by atoms with Gasteiger partial charge in [0.15, 0.2) is 5.82 Å². The Labute approximate surface area is 185 Å². The van der Waals surface area contributed by atoms with E-state index < -0.39 is 0 Å². The second-order valence-electron chi connectivity index (χ2n) is 6.48. The lowest BCUT2D eigenvalue weighted by molar-refractivity contribution is 0.101. The smallest absolute Gasteiger partial charge is 0.295 e. The van der Waals surface area contributed by atoms with Crippen LogP contribution in [0, 0.1) is 6.92 Å². The number of nitrogens with zero attached hydrogens (tertiary/aromatic N) is 3. The van der Waals surface area contributed by atoms with E-state index in [4.69, 9.17) is 0 Å². The quantitative estimate of drug-likeness (QED) is 0.364. The van der Waals surface area contributed by atoms with Gasteiger partial charge >= 0.3 is 0 Å². The molecule has 0 spiro atoms. The van der Waals surface area contributed by atoms with E-state index in [9.17, 15) is 4.79 Å². The maximum Gasteiger partial charge on any atom is 0.295 e. The predicted molar refractivity (Wildman–Crippen MR) is 121 cm³/mol. The van der Waals surface area contributed by atoms with Crippen LogP contribution in [0.15, 0.2) is 81.7 Å². The van der Waals surface area contributed by atoms with E-state index in [0.717, 1.165) is 25.8 Å². The highest BCUT2D eigenvalue weighted by Crippen LogP contribution is 2.24. The highest BCUT2D eigenvalue weighted by atomic mass is 79.9. The van der Waals surface area contributed by atoms with E-state index in [0.29, 0.717) is 11.5 Å². The Morgan fingerprint density at radius 1 is 0.931 bits per heavy atom. The second-order valence-corrected chi connectivity index (χ2v) is 8.31. The van der Waals surface area contributed by atoms with Crippen molar-refractivity contribution in [3.05, 3.63) is 93.1 Å². The van der Waals surface area contributed by atoms with Crippen molar-refractivity contribution >= 4 is 43.5 Å². The summed E-state index contributed by atoms with van der Waals surface area (Å²) in [6, 6.07) is 23.1. The first-order valence-corrected chi connectivity index (χ1v) is 10.5. The fraction of sp³-hybridized carbons (Fsp3) is 0.0455. The number of halogens is 2. The minimum Gasteiger partial charge on any atom is -0.319 e. The van der Waals surface area contributed by atoms with Gasteiger partial charge in [-0.15, -0.1) is 5.10 Å². The van der Waals surface area contributed by atoms with Crippen LogP contribution in [0.25, 0.3) is 17.1 Å². The van der Waals surface area contributed by atoms with E-state index in [1.807, 2.05) is 79.7 Å². The van der Waals surface area contributed by atoms with Gasteiger partial charge in [0.05, 0.1) is 5.69 Å². The standard InChI is InChI=1S/C22H16Br2N4O/c1-14-4-2-7-19(12-14)28-21(15-8-10-16(23)11-9-15)26-20(27-28)22(29)25-18-6-3-5-17(24)13-18/h2-13H,1H3,(H,25,29). The van der Waals surface area contributed by atoms with Gasteiger partial charge in [-0.25, -0.2) is 9.67 Å². The van der Waals surface area contributed by atoms with E-state index in [-0.39, 0.29) is 11.7 Å². The average Bonchev–Trinajstić information content (AvgIpc) is 3.14. The summed E-state index contributed by atoms with van der Waals surface area (Å²) in [6.07, 6.45) is 0. The summed E-state index contributed by atoms with van der Waals surface area (Å²) in [4.78, 5) is 17.3. The lowest BCUT2D eigenvalue weighted by Crippen LogP contribution is -2.14. The van der Waals surface area contributed by atoms with Gasteiger partial charge in [0.25, 0.3) is 5.91 Å². The Hall–Kier alpha value is -2.77. The van der Waals surface area contributed by atoms with E-state index in [1.165, 1.54) is 0 Å². The monoisotopic (exact) mass is 510 g/mol. The lowest BCUT2D eigenvalue weighted by atomic mass is 10.2. The Morgan fingerprint density at radius 2 is 1.69 bits per heavy atom. The van der Waals surface area contributed by atoms with E-state index in [1.54, 1.807) is 4.68 Å². The van der Waals surface area contributed by atoms with Gasteiger partial charge < -0.3 is 5.32 Å². The molecule has 0 saturated heterocycles. The Kier molecular flexibility index (Phi) is 5.60. The van der Waals surface area contributed by atoms with Crippen LogP contribution in [0.4, 0.5) is 5.69 Å². The molecule has 0 unspecified atom stereocenters. The van der Waals surface area contributed by atoms with Crippen molar-refractivity contribution in [1.29, 1.82) is 0 Å². The maximum absolute atomic E-state index is 12.8. The van der Waals surface area contributed by atoms with Gasteiger partial charge in [-0.05, 0) is 55.0 Å². The number of rotatable bonds is 4. The number of benzene rings is 3. The van der Waals surface area contributed by atoms with E-state index >= 15 is 0 Å². The first-order chi connectivity index (χ1) is 14.0. The Morgan fingerprint density at radius 3 is 2.41 bits per heavy atom. The van der Waals surface area contributed by atoms with Gasteiger partial charge in [0.2, 0.25) is 5.82 Å². The minimum absolute atomic E-state index is 0.101. The highest BCUT2D eigenvalue weighted by molar-refractivity contribution is 9.10. The molecule has 1 N–H and O–H groups in total. The summed E-state index contributed by atoms with van der Waals surface area (Å²) >= 11 is 6.86. The van der Waals surface area contributed by atoms with Gasteiger partial charge in [0, 0.05) is 20.2 Å². The zero-order chi connectivity index (χ0) is 20.4.